The van der Waals surface area contributed by atoms with Gasteiger partial charge in [-0.15, -0.1) is 0 Å². The van der Waals surface area contributed by atoms with Crippen molar-refractivity contribution in [3.05, 3.63) is 53.1 Å². The summed E-state index contributed by atoms with van der Waals surface area (Å²) in [4.78, 5) is 26.4. The minimum Gasteiger partial charge on any atom is -0.324 e. The van der Waals surface area contributed by atoms with Crippen LogP contribution in [-0.4, -0.2) is 32.8 Å². The number of carbonyl (C=O) groups is 2. The lowest BCUT2D eigenvalue weighted by Crippen LogP contribution is -2.47. The smallest absolute Gasteiger partial charge is 0.242 e. The Morgan fingerprint density at radius 2 is 1.77 bits per heavy atom. The third-order valence-corrected chi connectivity index (χ3v) is 6.95. The fourth-order valence-corrected chi connectivity index (χ4v) is 5.16. The molecule has 2 aromatic rings. The Morgan fingerprint density at radius 3 is 2.39 bits per heavy atom. The molecule has 0 radical (unpaired) electrons. The number of aryl methyl sites for hydroxylation is 2. The molecule has 1 aliphatic heterocycles. The van der Waals surface area contributed by atoms with Gasteiger partial charge in [-0.1, -0.05) is 31.5 Å². The first-order valence-corrected chi connectivity index (χ1v) is 11.8. The van der Waals surface area contributed by atoms with Gasteiger partial charge in [0, 0.05) is 24.8 Å². The molecule has 3 rings (SSSR count). The van der Waals surface area contributed by atoms with Gasteiger partial charge in [0.2, 0.25) is 21.8 Å². The summed E-state index contributed by atoms with van der Waals surface area (Å²) >= 11 is 0. The summed E-state index contributed by atoms with van der Waals surface area (Å²) in [6.07, 6.45) is 0.596. The number of fused-ring (bicyclic) bond motifs is 1. The molecular formula is C23H29N3O4S. The van der Waals surface area contributed by atoms with Crippen LogP contribution in [0.5, 0.6) is 0 Å². The molecule has 0 saturated carbocycles. The van der Waals surface area contributed by atoms with Gasteiger partial charge >= 0.3 is 0 Å². The van der Waals surface area contributed by atoms with Crippen molar-refractivity contribution in [1.29, 1.82) is 0 Å². The number of hydrogen-bond acceptors (Lipinski definition) is 4. The number of carbonyl (C=O) groups excluding carboxylic acids is 2. The van der Waals surface area contributed by atoms with Crippen LogP contribution in [0.25, 0.3) is 0 Å². The van der Waals surface area contributed by atoms with Gasteiger partial charge < -0.3 is 10.2 Å². The summed E-state index contributed by atoms with van der Waals surface area (Å²) < 4.78 is 28.7. The van der Waals surface area contributed by atoms with Crippen LogP contribution in [0.3, 0.4) is 0 Å². The predicted octanol–water partition coefficient (Wildman–Crippen LogP) is 3.15. The van der Waals surface area contributed by atoms with E-state index in [1.165, 1.54) is 13.0 Å². The minimum absolute atomic E-state index is 0.0737. The summed E-state index contributed by atoms with van der Waals surface area (Å²) in [6, 6.07) is 9.44. The summed E-state index contributed by atoms with van der Waals surface area (Å²) in [6.45, 7) is 9.48. The summed E-state index contributed by atoms with van der Waals surface area (Å²) in [5.74, 6) is -0.743. The number of hydrogen-bond donors (Lipinski definition) is 2. The molecule has 166 valence electrons. The average Bonchev–Trinajstić information content (AvgIpc) is 3.11. The number of sulfonamides is 1. The summed E-state index contributed by atoms with van der Waals surface area (Å²) in [5, 5.41) is 2.84. The molecule has 2 amide bonds. The molecule has 0 fully saturated rings. The molecule has 1 heterocycles. The normalized spacial score (nSPS) is 14.5. The molecule has 7 nitrogen and oxygen atoms in total. The topological polar surface area (TPSA) is 95.6 Å². The Balaban J connectivity index is 1.82. The lowest BCUT2D eigenvalue weighted by atomic mass is 10.0. The Labute approximate surface area is 183 Å². The third-order valence-electron chi connectivity index (χ3n) is 5.51. The molecule has 1 atom stereocenters. The van der Waals surface area contributed by atoms with E-state index in [2.05, 4.69) is 10.0 Å². The monoisotopic (exact) mass is 443 g/mol. The van der Waals surface area contributed by atoms with E-state index >= 15 is 0 Å². The number of rotatable bonds is 6. The molecule has 0 spiro atoms. The van der Waals surface area contributed by atoms with Gasteiger partial charge in [0.25, 0.3) is 0 Å². The van der Waals surface area contributed by atoms with Gasteiger partial charge in [0.1, 0.15) is 6.04 Å². The number of benzene rings is 2. The van der Waals surface area contributed by atoms with Crippen LogP contribution in [0.2, 0.25) is 0 Å². The lowest BCUT2D eigenvalue weighted by Gasteiger charge is -2.22. The van der Waals surface area contributed by atoms with Crippen LogP contribution >= 0.6 is 0 Å². The van der Waals surface area contributed by atoms with Crippen molar-refractivity contribution in [2.75, 3.05) is 16.8 Å². The molecule has 1 unspecified atom stereocenters. The van der Waals surface area contributed by atoms with E-state index in [0.29, 0.717) is 18.7 Å². The van der Waals surface area contributed by atoms with Gasteiger partial charge in [0.05, 0.1) is 4.90 Å². The van der Waals surface area contributed by atoms with Gasteiger partial charge in [0.15, 0.2) is 0 Å². The molecule has 0 aliphatic carbocycles. The highest BCUT2D eigenvalue weighted by Crippen LogP contribution is 2.30. The fourth-order valence-electron chi connectivity index (χ4n) is 3.76. The average molecular weight is 444 g/mol. The molecule has 31 heavy (non-hydrogen) atoms. The first kappa shape index (κ1) is 23.0. The number of nitrogens with one attached hydrogen (secondary N) is 2. The minimum atomic E-state index is -3.93. The Morgan fingerprint density at radius 1 is 1.06 bits per heavy atom. The fraction of sp³-hybridized carbons (Fsp3) is 0.391. The van der Waals surface area contributed by atoms with E-state index in [4.69, 9.17) is 0 Å². The largest absolute Gasteiger partial charge is 0.324 e. The molecule has 2 aromatic carbocycles. The molecule has 1 aliphatic rings. The van der Waals surface area contributed by atoms with E-state index < -0.39 is 22.0 Å². The number of nitrogens with zero attached hydrogens (tertiary/aromatic N) is 1. The van der Waals surface area contributed by atoms with Crippen molar-refractivity contribution in [1.82, 2.24) is 4.72 Å². The van der Waals surface area contributed by atoms with Crippen LogP contribution in [-0.2, 0) is 26.0 Å². The predicted molar refractivity (Wildman–Crippen MR) is 122 cm³/mol. The first-order chi connectivity index (χ1) is 14.5. The van der Waals surface area contributed by atoms with Crippen LogP contribution < -0.4 is 14.9 Å². The maximum atomic E-state index is 13.1. The Bertz CT molecular complexity index is 1130. The van der Waals surface area contributed by atoms with Crippen LogP contribution in [0.15, 0.2) is 41.3 Å². The zero-order valence-electron chi connectivity index (χ0n) is 18.5. The maximum absolute atomic E-state index is 13.1. The van der Waals surface area contributed by atoms with E-state index in [1.807, 2.05) is 32.0 Å². The molecule has 0 aromatic heterocycles. The SMILES string of the molecule is CC(=O)N1CCc2cc(S(=O)(=O)NC(C(=O)Nc3ccc(C)cc3C)C(C)C)ccc21. The van der Waals surface area contributed by atoms with Gasteiger partial charge in [-0.3, -0.25) is 9.59 Å². The van der Waals surface area contributed by atoms with Crippen molar-refractivity contribution in [3.63, 3.8) is 0 Å². The first-order valence-electron chi connectivity index (χ1n) is 10.3. The maximum Gasteiger partial charge on any atom is 0.242 e. The van der Waals surface area contributed by atoms with Crippen LogP contribution in [0.4, 0.5) is 11.4 Å². The second-order valence-corrected chi connectivity index (χ2v) is 10.1. The zero-order chi connectivity index (χ0) is 22.9. The van der Waals surface area contributed by atoms with Crippen molar-refractivity contribution >= 4 is 33.2 Å². The van der Waals surface area contributed by atoms with Crippen molar-refractivity contribution < 1.29 is 18.0 Å². The number of anilines is 2. The quantitative estimate of drug-likeness (QED) is 0.717. The highest BCUT2D eigenvalue weighted by molar-refractivity contribution is 7.89. The van der Waals surface area contributed by atoms with Crippen LogP contribution in [0.1, 0.15) is 37.5 Å². The van der Waals surface area contributed by atoms with Crippen molar-refractivity contribution in [2.24, 2.45) is 5.92 Å². The second kappa shape index (κ2) is 8.80. The summed E-state index contributed by atoms with van der Waals surface area (Å²) in [7, 11) is -3.93. The highest BCUT2D eigenvalue weighted by Gasteiger charge is 2.30. The van der Waals surface area contributed by atoms with E-state index in [0.717, 1.165) is 22.4 Å². The van der Waals surface area contributed by atoms with Gasteiger partial charge in [-0.05, 0) is 61.6 Å². The third kappa shape index (κ3) is 4.97. The van der Waals surface area contributed by atoms with Gasteiger partial charge in [-0.2, -0.15) is 4.72 Å². The van der Waals surface area contributed by atoms with Gasteiger partial charge in [-0.25, -0.2) is 8.42 Å². The molecule has 2 N–H and O–H groups in total. The summed E-state index contributed by atoms with van der Waals surface area (Å²) in [5.41, 5.74) is 4.18. The second-order valence-electron chi connectivity index (χ2n) is 8.36. The van der Waals surface area contributed by atoms with Crippen LogP contribution in [0, 0.1) is 19.8 Å². The molecule has 0 saturated heterocycles. The lowest BCUT2D eigenvalue weighted by molar-refractivity contribution is -0.118. The number of amides is 2. The Hall–Kier alpha value is -2.71. The van der Waals surface area contributed by atoms with Crippen molar-refractivity contribution in [3.8, 4) is 0 Å². The van der Waals surface area contributed by atoms with Crippen molar-refractivity contribution in [2.45, 2.75) is 52.0 Å². The zero-order valence-corrected chi connectivity index (χ0v) is 19.3. The standard InChI is InChI=1S/C23H29N3O4S/c1-14(2)22(23(28)24-20-8-6-15(3)12-16(20)4)25-31(29,30)19-7-9-21-18(13-19)10-11-26(21)17(5)27/h6-9,12-14,22,25H,10-11H2,1-5H3,(H,24,28). The van der Waals surface area contributed by atoms with E-state index in [9.17, 15) is 18.0 Å². The molecular weight excluding hydrogens is 414 g/mol. The molecule has 0 bridgehead atoms. The Kier molecular flexibility index (Phi) is 6.52. The van der Waals surface area contributed by atoms with E-state index in [-0.39, 0.29) is 16.7 Å². The molecule has 8 heteroatoms. The highest BCUT2D eigenvalue weighted by atomic mass is 32.2. The van der Waals surface area contributed by atoms with E-state index in [1.54, 1.807) is 30.9 Å².